The number of halogens is 2. The highest BCUT2D eigenvalue weighted by atomic mass is 35.5. The first kappa shape index (κ1) is 17.4. The molecule has 1 saturated heterocycles. The molecule has 2 N–H and O–H groups in total. The van der Waals surface area contributed by atoms with Gasteiger partial charge in [-0.15, -0.1) is 0 Å². The van der Waals surface area contributed by atoms with Gasteiger partial charge in [0, 0.05) is 29.6 Å². The van der Waals surface area contributed by atoms with Crippen molar-refractivity contribution in [2.75, 3.05) is 13.1 Å². The molecule has 1 aliphatic heterocycles. The predicted molar refractivity (Wildman–Crippen MR) is 94.6 cm³/mol. The van der Waals surface area contributed by atoms with E-state index in [1.165, 1.54) is 12.1 Å². The first-order chi connectivity index (χ1) is 11.7. The summed E-state index contributed by atoms with van der Waals surface area (Å²) in [6, 6.07) is 2.76. The van der Waals surface area contributed by atoms with Crippen molar-refractivity contribution in [1.82, 2.24) is 9.62 Å². The summed E-state index contributed by atoms with van der Waals surface area (Å²) in [4.78, 5) is 14.2. The quantitative estimate of drug-likeness (QED) is 0.806. The topological polar surface area (TPSA) is 86.7 Å². The van der Waals surface area contributed by atoms with Crippen LogP contribution in [-0.4, -0.2) is 48.7 Å². The van der Waals surface area contributed by atoms with Gasteiger partial charge in [0.25, 0.3) is 5.91 Å². The van der Waals surface area contributed by atoms with Crippen molar-refractivity contribution >= 4 is 39.1 Å². The minimum absolute atomic E-state index is 0.00954. The summed E-state index contributed by atoms with van der Waals surface area (Å²) in [5, 5.41) is 10.1. The van der Waals surface area contributed by atoms with Gasteiger partial charge in [0.2, 0.25) is 10.0 Å². The highest BCUT2D eigenvalue weighted by Gasteiger charge is 2.55. The molecule has 0 unspecified atom stereocenters. The number of hydrogen-bond acceptors (Lipinski definition) is 4. The van der Waals surface area contributed by atoms with Crippen molar-refractivity contribution in [2.45, 2.75) is 37.0 Å². The van der Waals surface area contributed by atoms with E-state index in [-0.39, 0.29) is 38.9 Å². The summed E-state index contributed by atoms with van der Waals surface area (Å²) in [6.07, 6.45) is 2.98. The Morgan fingerprint density at radius 2 is 1.88 bits per heavy atom. The largest absolute Gasteiger partial charge is 0.506 e. The van der Waals surface area contributed by atoms with Crippen LogP contribution in [0.3, 0.4) is 0 Å². The lowest BCUT2D eigenvalue weighted by molar-refractivity contribution is -0.0567. The fourth-order valence-corrected chi connectivity index (χ4v) is 5.91. The SMILES string of the molecule is O=C(c1cc(Cl)cc(Cl)c1O)N1CC2(CC(NS(=O)(=O)C3CC3)C2)C1. The number of likely N-dealkylation sites (tertiary alicyclic amines) is 1. The molecule has 0 atom stereocenters. The molecule has 136 valence electrons. The molecule has 4 rings (SSSR count). The van der Waals surface area contributed by atoms with Crippen LogP contribution in [0.4, 0.5) is 0 Å². The lowest BCUT2D eigenvalue weighted by Gasteiger charge is -2.59. The predicted octanol–water partition coefficient (Wildman–Crippen LogP) is 2.39. The zero-order chi connectivity index (χ0) is 18.0. The maximum absolute atomic E-state index is 12.5. The van der Waals surface area contributed by atoms with Crippen LogP contribution in [0.5, 0.6) is 5.75 Å². The molecule has 2 aliphatic carbocycles. The number of amides is 1. The van der Waals surface area contributed by atoms with Crippen molar-refractivity contribution in [2.24, 2.45) is 5.41 Å². The monoisotopic (exact) mass is 404 g/mol. The van der Waals surface area contributed by atoms with Gasteiger partial charge in [0.1, 0.15) is 5.75 Å². The molecule has 1 aromatic carbocycles. The molecular weight excluding hydrogens is 387 g/mol. The Morgan fingerprint density at radius 1 is 1.24 bits per heavy atom. The molecule has 6 nitrogen and oxygen atoms in total. The first-order valence-corrected chi connectivity index (χ1v) is 10.5. The summed E-state index contributed by atoms with van der Waals surface area (Å²) >= 11 is 11.8. The maximum atomic E-state index is 12.5. The van der Waals surface area contributed by atoms with Gasteiger partial charge >= 0.3 is 0 Å². The smallest absolute Gasteiger partial charge is 0.257 e. The van der Waals surface area contributed by atoms with Crippen LogP contribution in [0.2, 0.25) is 10.0 Å². The van der Waals surface area contributed by atoms with Crippen molar-refractivity contribution < 1.29 is 18.3 Å². The van der Waals surface area contributed by atoms with E-state index in [1.807, 2.05) is 0 Å². The Morgan fingerprint density at radius 3 is 2.48 bits per heavy atom. The van der Waals surface area contributed by atoms with Crippen molar-refractivity contribution in [3.8, 4) is 5.75 Å². The van der Waals surface area contributed by atoms with Gasteiger partial charge in [0.15, 0.2) is 0 Å². The molecule has 1 spiro atoms. The zero-order valence-electron chi connectivity index (χ0n) is 13.3. The number of carbonyl (C=O) groups is 1. The second kappa shape index (κ2) is 5.74. The molecule has 0 radical (unpaired) electrons. The lowest BCUT2D eigenvalue weighted by Crippen LogP contribution is -2.67. The van der Waals surface area contributed by atoms with Crippen LogP contribution >= 0.6 is 23.2 Å². The van der Waals surface area contributed by atoms with Crippen LogP contribution in [0.1, 0.15) is 36.0 Å². The molecule has 0 bridgehead atoms. The van der Waals surface area contributed by atoms with Crippen LogP contribution in [0, 0.1) is 5.41 Å². The van der Waals surface area contributed by atoms with Gasteiger partial charge in [0.05, 0.1) is 15.8 Å². The van der Waals surface area contributed by atoms with Crippen molar-refractivity contribution in [3.63, 3.8) is 0 Å². The van der Waals surface area contributed by atoms with Crippen molar-refractivity contribution in [1.29, 1.82) is 0 Å². The van der Waals surface area contributed by atoms with Gasteiger partial charge in [-0.3, -0.25) is 4.79 Å². The van der Waals surface area contributed by atoms with E-state index in [1.54, 1.807) is 4.90 Å². The van der Waals surface area contributed by atoms with Gasteiger partial charge in [-0.2, -0.15) is 0 Å². The molecule has 1 aromatic rings. The number of phenols is 1. The van der Waals surface area contributed by atoms with E-state index in [9.17, 15) is 18.3 Å². The zero-order valence-corrected chi connectivity index (χ0v) is 15.7. The third-order valence-corrected chi connectivity index (χ3v) is 7.77. The van der Waals surface area contributed by atoms with Crippen LogP contribution in [0.15, 0.2) is 12.1 Å². The molecule has 3 fully saturated rings. The Kier molecular flexibility index (Phi) is 3.99. The number of nitrogens with zero attached hydrogens (tertiary/aromatic N) is 1. The summed E-state index contributed by atoms with van der Waals surface area (Å²) in [5.41, 5.74) is 0.0855. The van der Waals surface area contributed by atoms with Gasteiger partial charge in [-0.1, -0.05) is 23.2 Å². The standard InChI is InChI=1S/C16H18Cl2N2O4S/c17-9-3-12(14(21)13(18)4-9)15(22)20-7-16(8-20)5-10(6-16)19-25(23,24)11-1-2-11/h3-4,10-11,19,21H,1-2,5-8H2. The lowest BCUT2D eigenvalue weighted by atomic mass is 9.61. The molecule has 2 saturated carbocycles. The minimum Gasteiger partial charge on any atom is -0.506 e. The Bertz CT molecular complexity index is 840. The van der Waals surface area contributed by atoms with E-state index < -0.39 is 10.0 Å². The molecule has 0 aromatic heterocycles. The van der Waals surface area contributed by atoms with Crippen LogP contribution < -0.4 is 4.72 Å². The van der Waals surface area contributed by atoms with Crippen LogP contribution in [-0.2, 0) is 10.0 Å². The number of carbonyl (C=O) groups excluding carboxylic acids is 1. The number of rotatable bonds is 4. The highest BCUT2D eigenvalue weighted by Crippen LogP contribution is 2.49. The fraction of sp³-hybridized carbons (Fsp3) is 0.562. The Hall–Kier alpha value is -1.02. The van der Waals surface area contributed by atoms with Gasteiger partial charge in [-0.05, 0) is 37.8 Å². The summed E-state index contributed by atoms with van der Waals surface area (Å²) in [6.45, 7) is 1.11. The number of phenolic OH excluding ortho intramolecular Hbond substituents is 1. The second-order valence-electron chi connectivity index (χ2n) is 7.41. The van der Waals surface area contributed by atoms with Gasteiger partial charge in [-0.25, -0.2) is 13.1 Å². The molecule has 1 amide bonds. The van der Waals surface area contributed by atoms with E-state index in [4.69, 9.17) is 23.2 Å². The number of benzene rings is 1. The highest BCUT2D eigenvalue weighted by molar-refractivity contribution is 7.90. The average molecular weight is 405 g/mol. The number of sulfonamides is 1. The summed E-state index contributed by atoms with van der Waals surface area (Å²) < 4.78 is 26.7. The molecule has 9 heteroatoms. The van der Waals surface area contributed by atoms with Gasteiger partial charge < -0.3 is 10.0 Å². The summed E-state index contributed by atoms with van der Waals surface area (Å²) in [7, 11) is -3.16. The minimum atomic E-state index is -3.16. The van der Waals surface area contributed by atoms with E-state index in [0.717, 1.165) is 25.7 Å². The fourth-order valence-electron chi connectivity index (χ4n) is 3.84. The van der Waals surface area contributed by atoms with Crippen molar-refractivity contribution in [3.05, 3.63) is 27.7 Å². The third kappa shape index (κ3) is 3.12. The summed E-state index contributed by atoms with van der Waals surface area (Å²) in [5.74, 6) is -0.574. The van der Waals surface area contributed by atoms with E-state index >= 15 is 0 Å². The molecular formula is C16H18Cl2N2O4S. The van der Waals surface area contributed by atoms with E-state index in [0.29, 0.717) is 18.1 Å². The number of hydrogen-bond donors (Lipinski definition) is 2. The Labute approximate surface area is 156 Å². The first-order valence-electron chi connectivity index (χ1n) is 8.18. The maximum Gasteiger partial charge on any atom is 0.257 e. The molecule has 1 heterocycles. The van der Waals surface area contributed by atoms with Crippen LogP contribution in [0.25, 0.3) is 0 Å². The normalized spacial score (nSPS) is 22.6. The molecule has 3 aliphatic rings. The average Bonchev–Trinajstić information content (AvgIpc) is 3.28. The third-order valence-electron chi connectivity index (χ3n) is 5.25. The molecule has 25 heavy (non-hydrogen) atoms. The number of aromatic hydroxyl groups is 1. The number of nitrogens with one attached hydrogen (secondary N) is 1. The van der Waals surface area contributed by atoms with E-state index in [2.05, 4.69) is 4.72 Å². The Balaban J connectivity index is 1.35. The second-order valence-corrected chi connectivity index (χ2v) is 10.2.